The lowest BCUT2D eigenvalue weighted by atomic mass is 9.82. The third-order valence-electron chi connectivity index (χ3n) is 7.16. The third-order valence-corrected chi connectivity index (χ3v) is 7.16. The summed E-state index contributed by atoms with van der Waals surface area (Å²) in [7, 11) is 1.30. The standard InChI is InChI=1S/C38H33NO4/c1-42-37(41)38(39-34-17-9-4-10-18-34,36(40)33-15-7-3-8-16-33)28-30-21-25-35(26-22-30)43-27-11-12-29-19-23-32(24-20-29)31-13-5-2-6-14-31/h2-26,39H,27-28H2,1H3. The molecule has 1 unspecified atom stereocenters. The molecule has 1 atom stereocenters. The normalized spacial score (nSPS) is 12.3. The Morgan fingerprint density at radius 3 is 1.91 bits per heavy atom. The van der Waals surface area contributed by atoms with E-state index in [1.165, 1.54) is 18.2 Å². The lowest BCUT2D eigenvalue weighted by Gasteiger charge is -2.32. The average molecular weight is 568 g/mol. The molecule has 214 valence electrons. The molecule has 0 spiro atoms. The fraction of sp³-hybridized carbons (Fsp3) is 0.105. The van der Waals surface area contributed by atoms with Crippen molar-refractivity contribution in [2.45, 2.75) is 12.0 Å². The zero-order chi connectivity index (χ0) is 29.9. The molecule has 0 saturated heterocycles. The maximum Gasteiger partial charge on any atom is 0.340 e. The van der Waals surface area contributed by atoms with E-state index in [2.05, 4.69) is 41.7 Å². The fourth-order valence-electron chi connectivity index (χ4n) is 4.93. The SMILES string of the molecule is COC(=O)C(Cc1ccc(OCC=Cc2ccc(-c3ccccc3)cc2)cc1)(Nc1ccccc1)C(=O)c1ccccc1. The smallest absolute Gasteiger partial charge is 0.340 e. The van der Waals surface area contributed by atoms with Crippen LogP contribution in [0.5, 0.6) is 5.75 Å². The van der Waals surface area contributed by atoms with Gasteiger partial charge in [-0.25, -0.2) is 4.79 Å². The molecule has 0 fully saturated rings. The number of nitrogens with one attached hydrogen (secondary N) is 1. The Morgan fingerprint density at radius 2 is 1.28 bits per heavy atom. The van der Waals surface area contributed by atoms with Gasteiger partial charge in [-0.15, -0.1) is 0 Å². The number of benzene rings is 5. The molecule has 0 radical (unpaired) electrons. The van der Waals surface area contributed by atoms with Crippen LogP contribution in [0.4, 0.5) is 5.69 Å². The van der Waals surface area contributed by atoms with Crippen molar-refractivity contribution in [3.63, 3.8) is 0 Å². The average Bonchev–Trinajstić information content (AvgIpc) is 3.08. The first-order valence-electron chi connectivity index (χ1n) is 14.1. The Morgan fingerprint density at radius 1 is 0.698 bits per heavy atom. The Kier molecular flexibility index (Phi) is 9.45. The summed E-state index contributed by atoms with van der Waals surface area (Å²) in [5.74, 6) is -0.347. The van der Waals surface area contributed by atoms with Crippen molar-refractivity contribution in [3.05, 3.63) is 162 Å². The van der Waals surface area contributed by atoms with Crippen LogP contribution in [-0.2, 0) is 16.0 Å². The number of methoxy groups -OCH3 is 1. The van der Waals surface area contributed by atoms with Gasteiger partial charge in [-0.05, 0) is 52.6 Å². The van der Waals surface area contributed by atoms with Crippen molar-refractivity contribution < 1.29 is 19.1 Å². The summed E-state index contributed by atoms with van der Waals surface area (Å²) in [6.45, 7) is 0.397. The van der Waals surface area contributed by atoms with E-state index in [0.717, 1.165) is 11.1 Å². The number of anilines is 1. The van der Waals surface area contributed by atoms with E-state index in [-0.39, 0.29) is 12.2 Å². The lowest BCUT2D eigenvalue weighted by Crippen LogP contribution is -2.55. The van der Waals surface area contributed by atoms with E-state index in [1.807, 2.05) is 91.0 Å². The van der Waals surface area contributed by atoms with Crippen LogP contribution in [0.3, 0.4) is 0 Å². The van der Waals surface area contributed by atoms with Crippen molar-refractivity contribution in [1.29, 1.82) is 0 Å². The van der Waals surface area contributed by atoms with Crippen molar-refractivity contribution in [2.24, 2.45) is 0 Å². The monoisotopic (exact) mass is 567 g/mol. The maximum atomic E-state index is 13.9. The van der Waals surface area contributed by atoms with Gasteiger partial charge in [0.15, 0.2) is 5.78 Å². The maximum absolute atomic E-state index is 13.9. The van der Waals surface area contributed by atoms with Crippen molar-refractivity contribution in [2.75, 3.05) is 19.0 Å². The highest BCUT2D eigenvalue weighted by Gasteiger charge is 2.47. The predicted molar refractivity (Wildman–Crippen MR) is 172 cm³/mol. The molecule has 5 aromatic carbocycles. The summed E-state index contributed by atoms with van der Waals surface area (Å²) in [4.78, 5) is 27.3. The summed E-state index contributed by atoms with van der Waals surface area (Å²) in [6.07, 6.45) is 4.08. The summed E-state index contributed by atoms with van der Waals surface area (Å²) < 4.78 is 11.1. The van der Waals surface area contributed by atoms with Crippen LogP contribution in [0.1, 0.15) is 21.5 Å². The fourth-order valence-corrected chi connectivity index (χ4v) is 4.93. The number of rotatable bonds is 12. The first-order chi connectivity index (χ1) is 21.1. The molecule has 43 heavy (non-hydrogen) atoms. The number of ether oxygens (including phenoxy) is 2. The topological polar surface area (TPSA) is 64.6 Å². The molecule has 0 aromatic heterocycles. The van der Waals surface area contributed by atoms with Crippen LogP contribution in [-0.4, -0.2) is 31.0 Å². The second-order valence-corrected chi connectivity index (χ2v) is 10.1. The largest absolute Gasteiger partial charge is 0.490 e. The second-order valence-electron chi connectivity index (χ2n) is 10.1. The molecule has 5 rings (SSSR count). The van der Waals surface area contributed by atoms with E-state index in [9.17, 15) is 9.59 Å². The highest BCUT2D eigenvalue weighted by Crippen LogP contribution is 2.28. The van der Waals surface area contributed by atoms with Gasteiger partial charge in [0.2, 0.25) is 5.54 Å². The van der Waals surface area contributed by atoms with Crippen molar-refractivity contribution in [3.8, 4) is 16.9 Å². The second kappa shape index (κ2) is 14.0. The molecule has 0 bridgehead atoms. The Balaban J connectivity index is 1.28. The molecule has 1 N–H and O–H groups in total. The Bertz CT molecular complexity index is 1650. The first kappa shape index (κ1) is 29.1. The van der Waals surface area contributed by atoms with Crippen molar-refractivity contribution in [1.82, 2.24) is 0 Å². The third kappa shape index (κ3) is 7.27. The summed E-state index contributed by atoms with van der Waals surface area (Å²) in [5, 5.41) is 3.21. The zero-order valence-electron chi connectivity index (χ0n) is 24.0. The molecule has 0 saturated carbocycles. The van der Waals surface area contributed by atoms with Gasteiger partial charge >= 0.3 is 5.97 Å². The number of hydrogen-bond donors (Lipinski definition) is 1. The van der Waals surface area contributed by atoms with Crippen LogP contribution >= 0.6 is 0 Å². The molecule has 0 heterocycles. The minimum Gasteiger partial charge on any atom is -0.490 e. The number of carbonyl (C=O) groups is 2. The number of ketones is 1. The number of esters is 1. The van der Waals surface area contributed by atoms with E-state index in [0.29, 0.717) is 23.6 Å². The minimum atomic E-state index is -1.67. The van der Waals surface area contributed by atoms with Gasteiger partial charge in [0, 0.05) is 17.7 Å². The molecule has 5 nitrogen and oxygen atoms in total. The molecular weight excluding hydrogens is 534 g/mol. The molecule has 5 heteroatoms. The number of Topliss-reactive ketones (excluding diaryl/α,β-unsaturated/α-hetero) is 1. The summed E-state index contributed by atoms with van der Waals surface area (Å²) in [6, 6.07) is 44.1. The van der Waals surface area contributed by atoms with E-state index >= 15 is 0 Å². The van der Waals surface area contributed by atoms with Gasteiger partial charge in [-0.3, -0.25) is 4.79 Å². The van der Waals surface area contributed by atoms with Gasteiger partial charge in [0.25, 0.3) is 0 Å². The van der Waals surface area contributed by atoms with E-state index in [1.54, 1.807) is 24.3 Å². The highest BCUT2D eigenvalue weighted by molar-refractivity contribution is 6.18. The van der Waals surface area contributed by atoms with Crippen molar-refractivity contribution >= 4 is 23.5 Å². The lowest BCUT2D eigenvalue weighted by molar-refractivity contribution is -0.144. The molecule has 0 aliphatic carbocycles. The van der Waals surface area contributed by atoms with Crippen LogP contribution in [0, 0.1) is 0 Å². The van der Waals surface area contributed by atoms with Crippen LogP contribution in [0.2, 0.25) is 0 Å². The molecule has 0 amide bonds. The molecular formula is C38H33NO4. The Labute approximate surface area is 252 Å². The van der Waals surface area contributed by atoms with Crippen LogP contribution < -0.4 is 10.1 Å². The van der Waals surface area contributed by atoms with Crippen LogP contribution in [0.15, 0.2) is 146 Å². The summed E-state index contributed by atoms with van der Waals surface area (Å²) >= 11 is 0. The number of para-hydroxylation sites is 1. The number of carbonyl (C=O) groups excluding carboxylic acids is 2. The first-order valence-corrected chi connectivity index (χ1v) is 14.1. The van der Waals surface area contributed by atoms with Crippen LogP contribution in [0.25, 0.3) is 17.2 Å². The van der Waals surface area contributed by atoms with Gasteiger partial charge in [-0.2, -0.15) is 0 Å². The summed E-state index contributed by atoms with van der Waals surface area (Å²) in [5.41, 5.74) is 3.62. The minimum absolute atomic E-state index is 0.0848. The van der Waals surface area contributed by atoms with E-state index < -0.39 is 11.5 Å². The quantitative estimate of drug-likeness (QED) is 0.0943. The van der Waals surface area contributed by atoms with Gasteiger partial charge in [0.05, 0.1) is 7.11 Å². The predicted octanol–water partition coefficient (Wildman–Crippen LogP) is 7.90. The molecule has 5 aromatic rings. The van der Waals surface area contributed by atoms with Gasteiger partial charge in [-0.1, -0.05) is 121 Å². The Hall–Kier alpha value is -5.42. The molecule has 0 aliphatic heterocycles. The zero-order valence-corrected chi connectivity index (χ0v) is 24.0. The molecule has 0 aliphatic rings. The van der Waals surface area contributed by atoms with E-state index in [4.69, 9.17) is 9.47 Å². The van der Waals surface area contributed by atoms with Gasteiger partial charge in [0.1, 0.15) is 12.4 Å². The number of hydrogen-bond acceptors (Lipinski definition) is 5. The van der Waals surface area contributed by atoms with Gasteiger partial charge < -0.3 is 14.8 Å². The highest BCUT2D eigenvalue weighted by atomic mass is 16.5.